The molecular formula is C14H29N3O. The molecule has 106 valence electrons. The maximum atomic E-state index is 11.9. The average Bonchev–Trinajstić information content (AvgIpc) is 2.77. The van der Waals surface area contributed by atoms with Crippen LogP contribution in [0.25, 0.3) is 0 Å². The van der Waals surface area contributed by atoms with E-state index >= 15 is 0 Å². The molecule has 4 nitrogen and oxygen atoms in total. The van der Waals surface area contributed by atoms with Crippen molar-refractivity contribution in [2.75, 3.05) is 34.2 Å². The summed E-state index contributed by atoms with van der Waals surface area (Å²) in [4.78, 5) is 16.0. The third-order valence-electron chi connectivity index (χ3n) is 4.38. The maximum Gasteiger partial charge on any atom is 0.236 e. The number of nitrogens with one attached hydrogen (secondary N) is 1. The van der Waals surface area contributed by atoms with Crippen LogP contribution >= 0.6 is 0 Å². The van der Waals surface area contributed by atoms with Crippen LogP contribution in [0.3, 0.4) is 0 Å². The van der Waals surface area contributed by atoms with E-state index in [1.165, 1.54) is 25.7 Å². The number of likely N-dealkylation sites (N-methyl/N-ethyl adjacent to an activating group) is 2. The largest absolute Gasteiger partial charge is 0.342 e. The van der Waals surface area contributed by atoms with E-state index in [9.17, 15) is 4.79 Å². The molecule has 0 atom stereocenters. The van der Waals surface area contributed by atoms with Gasteiger partial charge < -0.3 is 15.1 Å². The van der Waals surface area contributed by atoms with Crippen molar-refractivity contribution in [2.24, 2.45) is 0 Å². The minimum absolute atomic E-state index is 0.178. The lowest BCUT2D eigenvalue weighted by atomic mass is 9.96. The predicted octanol–water partition coefficient (Wildman–Crippen LogP) is 1.32. The van der Waals surface area contributed by atoms with Crippen LogP contribution in [-0.2, 0) is 4.79 Å². The Labute approximate surface area is 112 Å². The highest BCUT2D eigenvalue weighted by Crippen LogP contribution is 2.32. The standard InChI is InChI=1S/C14H29N3O/c1-12(2)17(5)13(18)10-15-11-14(16(3)4)8-6-7-9-14/h12,15H,6-11H2,1-5H3. The van der Waals surface area contributed by atoms with Crippen LogP contribution in [0.1, 0.15) is 39.5 Å². The third kappa shape index (κ3) is 3.69. The molecular weight excluding hydrogens is 226 g/mol. The zero-order chi connectivity index (χ0) is 13.8. The minimum atomic E-state index is 0.178. The van der Waals surface area contributed by atoms with Gasteiger partial charge >= 0.3 is 0 Å². The van der Waals surface area contributed by atoms with Gasteiger partial charge in [0, 0.05) is 25.2 Å². The molecule has 0 spiro atoms. The summed E-state index contributed by atoms with van der Waals surface area (Å²) in [5, 5.41) is 3.35. The van der Waals surface area contributed by atoms with E-state index in [1.807, 2.05) is 20.9 Å². The second kappa shape index (κ2) is 6.53. The van der Waals surface area contributed by atoms with Gasteiger partial charge in [0.25, 0.3) is 0 Å². The summed E-state index contributed by atoms with van der Waals surface area (Å²) >= 11 is 0. The molecule has 18 heavy (non-hydrogen) atoms. The van der Waals surface area contributed by atoms with Gasteiger partial charge in [0.2, 0.25) is 5.91 Å². The summed E-state index contributed by atoms with van der Waals surface area (Å²) in [6.07, 6.45) is 5.09. The fourth-order valence-corrected chi connectivity index (χ4v) is 2.63. The van der Waals surface area contributed by atoms with Crippen molar-refractivity contribution >= 4 is 5.91 Å². The Morgan fingerprint density at radius 2 is 1.78 bits per heavy atom. The molecule has 0 radical (unpaired) electrons. The van der Waals surface area contributed by atoms with Gasteiger partial charge in [-0.05, 0) is 40.8 Å². The van der Waals surface area contributed by atoms with Gasteiger partial charge in [-0.2, -0.15) is 0 Å². The van der Waals surface area contributed by atoms with Crippen molar-refractivity contribution in [3.05, 3.63) is 0 Å². The second-order valence-corrected chi connectivity index (χ2v) is 6.03. The van der Waals surface area contributed by atoms with Crippen molar-refractivity contribution in [3.8, 4) is 0 Å². The SMILES string of the molecule is CC(C)N(C)C(=O)CNCC1(N(C)C)CCCC1. The Balaban J connectivity index is 2.38. The minimum Gasteiger partial charge on any atom is -0.342 e. The normalized spacial score (nSPS) is 18.6. The van der Waals surface area contributed by atoms with E-state index in [0.29, 0.717) is 6.54 Å². The first-order chi connectivity index (χ1) is 8.39. The first-order valence-electron chi connectivity index (χ1n) is 7.03. The molecule has 0 aromatic rings. The number of nitrogens with zero attached hydrogens (tertiary/aromatic N) is 2. The topological polar surface area (TPSA) is 35.6 Å². The van der Waals surface area contributed by atoms with Crippen LogP contribution in [0, 0.1) is 0 Å². The highest BCUT2D eigenvalue weighted by atomic mass is 16.2. The summed E-state index contributed by atoms with van der Waals surface area (Å²) in [6, 6.07) is 0.272. The van der Waals surface area contributed by atoms with Crippen molar-refractivity contribution in [3.63, 3.8) is 0 Å². The first-order valence-corrected chi connectivity index (χ1v) is 7.03. The fraction of sp³-hybridized carbons (Fsp3) is 0.929. The van der Waals surface area contributed by atoms with Crippen LogP contribution in [-0.4, -0.2) is 61.5 Å². The number of rotatable bonds is 6. The second-order valence-electron chi connectivity index (χ2n) is 6.03. The van der Waals surface area contributed by atoms with Crippen LogP contribution in [0.5, 0.6) is 0 Å². The van der Waals surface area contributed by atoms with E-state index in [2.05, 4.69) is 24.3 Å². The Morgan fingerprint density at radius 3 is 2.22 bits per heavy atom. The molecule has 0 aliphatic heterocycles. The highest BCUT2D eigenvalue weighted by Gasteiger charge is 2.35. The monoisotopic (exact) mass is 255 g/mol. The van der Waals surface area contributed by atoms with E-state index in [-0.39, 0.29) is 17.5 Å². The predicted molar refractivity (Wildman–Crippen MR) is 75.7 cm³/mol. The van der Waals surface area contributed by atoms with E-state index in [1.54, 1.807) is 4.90 Å². The number of hydrogen-bond acceptors (Lipinski definition) is 3. The Bertz CT molecular complexity index is 270. The van der Waals surface area contributed by atoms with Gasteiger partial charge in [-0.25, -0.2) is 0 Å². The van der Waals surface area contributed by atoms with Gasteiger partial charge in [-0.1, -0.05) is 12.8 Å². The van der Waals surface area contributed by atoms with Gasteiger partial charge in [0.15, 0.2) is 0 Å². The molecule has 1 rings (SSSR count). The van der Waals surface area contributed by atoms with Gasteiger partial charge in [-0.15, -0.1) is 0 Å². The number of carbonyl (C=O) groups is 1. The first kappa shape index (κ1) is 15.4. The quantitative estimate of drug-likeness (QED) is 0.777. The Hall–Kier alpha value is -0.610. The van der Waals surface area contributed by atoms with E-state index in [4.69, 9.17) is 0 Å². The summed E-state index contributed by atoms with van der Waals surface area (Å²) < 4.78 is 0. The smallest absolute Gasteiger partial charge is 0.236 e. The third-order valence-corrected chi connectivity index (χ3v) is 4.38. The molecule has 1 saturated carbocycles. The number of hydrogen-bond donors (Lipinski definition) is 1. The fourth-order valence-electron chi connectivity index (χ4n) is 2.63. The lowest BCUT2D eigenvalue weighted by Gasteiger charge is -2.36. The average molecular weight is 255 g/mol. The summed E-state index contributed by atoms with van der Waals surface area (Å²) in [7, 11) is 6.16. The van der Waals surface area contributed by atoms with Crippen molar-refractivity contribution < 1.29 is 4.79 Å². The van der Waals surface area contributed by atoms with Crippen LogP contribution in [0.4, 0.5) is 0 Å². The summed E-state index contributed by atoms with van der Waals surface area (Å²) in [6.45, 7) is 5.44. The molecule has 4 heteroatoms. The molecule has 0 aromatic carbocycles. The molecule has 0 saturated heterocycles. The molecule has 1 N–H and O–H groups in total. The molecule has 1 aliphatic carbocycles. The molecule has 0 bridgehead atoms. The van der Waals surface area contributed by atoms with Crippen LogP contribution in [0.15, 0.2) is 0 Å². The van der Waals surface area contributed by atoms with Crippen molar-refractivity contribution in [2.45, 2.75) is 51.1 Å². The number of amides is 1. The van der Waals surface area contributed by atoms with Crippen molar-refractivity contribution in [1.82, 2.24) is 15.1 Å². The molecule has 1 aliphatic rings. The van der Waals surface area contributed by atoms with Gasteiger partial charge in [0.05, 0.1) is 6.54 Å². The maximum absolute atomic E-state index is 11.9. The van der Waals surface area contributed by atoms with Gasteiger partial charge in [-0.3, -0.25) is 4.79 Å². The zero-order valence-electron chi connectivity index (χ0n) is 12.6. The summed E-state index contributed by atoms with van der Waals surface area (Å²) in [5.74, 6) is 0.178. The lowest BCUT2D eigenvalue weighted by molar-refractivity contribution is -0.130. The van der Waals surface area contributed by atoms with E-state index in [0.717, 1.165) is 6.54 Å². The number of carbonyl (C=O) groups excluding carboxylic acids is 1. The Morgan fingerprint density at radius 1 is 1.22 bits per heavy atom. The van der Waals surface area contributed by atoms with E-state index < -0.39 is 0 Å². The molecule has 0 heterocycles. The summed E-state index contributed by atoms with van der Waals surface area (Å²) in [5.41, 5.74) is 0.261. The Kier molecular flexibility index (Phi) is 5.60. The van der Waals surface area contributed by atoms with Crippen molar-refractivity contribution in [1.29, 1.82) is 0 Å². The van der Waals surface area contributed by atoms with Gasteiger partial charge in [0.1, 0.15) is 0 Å². The molecule has 0 aromatic heterocycles. The van der Waals surface area contributed by atoms with Crippen LogP contribution in [0.2, 0.25) is 0 Å². The highest BCUT2D eigenvalue weighted by molar-refractivity contribution is 5.78. The molecule has 1 amide bonds. The zero-order valence-corrected chi connectivity index (χ0v) is 12.6. The van der Waals surface area contributed by atoms with Crippen LogP contribution < -0.4 is 5.32 Å². The molecule has 0 unspecified atom stereocenters. The lowest BCUT2D eigenvalue weighted by Crippen LogP contribution is -2.51. The molecule has 1 fully saturated rings.